The van der Waals surface area contributed by atoms with Gasteiger partial charge >= 0.3 is 6.09 Å². The number of methoxy groups -OCH3 is 1. The predicted molar refractivity (Wildman–Crippen MR) is 152 cm³/mol. The number of thioether (sulfide) groups is 1. The maximum absolute atomic E-state index is 13.8. The van der Waals surface area contributed by atoms with Crippen molar-refractivity contribution in [2.45, 2.75) is 58.7 Å². The Bertz CT molecular complexity index is 1170. The maximum atomic E-state index is 13.8. The molecule has 0 aliphatic rings. The van der Waals surface area contributed by atoms with Crippen LogP contribution in [0.1, 0.15) is 49.9 Å². The molecule has 38 heavy (non-hydrogen) atoms. The topological polar surface area (TPSA) is 97.0 Å². The minimum absolute atomic E-state index is 0.303. The lowest BCUT2D eigenvalue weighted by molar-refractivity contribution is -0.136. The molecule has 2 aromatic carbocycles. The van der Waals surface area contributed by atoms with E-state index in [2.05, 4.69) is 16.7 Å². The van der Waals surface area contributed by atoms with Gasteiger partial charge in [0, 0.05) is 11.7 Å². The van der Waals surface area contributed by atoms with Crippen molar-refractivity contribution in [1.29, 1.82) is 0 Å². The fourth-order valence-corrected chi connectivity index (χ4v) is 4.18. The molecule has 0 radical (unpaired) electrons. The molecule has 0 heterocycles. The minimum Gasteiger partial charge on any atom is -0.497 e. The number of carbonyl (C=O) groups is 3. The third-order valence-electron chi connectivity index (χ3n) is 5.57. The van der Waals surface area contributed by atoms with Crippen molar-refractivity contribution in [3.8, 4) is 18.2 Å². The Morgan fingerprint density at radius 1 is 1.11 bits per heavy atom. The van der Waals surface area contributed by atoms with Gasteiger partial charge in [0.2, 0.25) is 0 Å². The number of benzene rings is 2. The van der Waals surface area contributed by atoms with Crippen LogP contribution in [0.3, 0.4) is 0 Å². The SMILES string of the molecule is C#CN(C(=O)C(CCSC)NC(=O)OC(C)(C)C)C(C(=O)Nc1ccc(OC)cc1)c1cc(C)ccc1C. The van der Waals surface area contributed by atoms with Gasteiger partial charge in [-0.05, 0) is 88.4 Å². The zero-order valence-electron chi connectivity index (χ0n) is 23.1. The zero-order valence-corrected chi connectivity index (χ0v) is 23.9. The number of hydrogen-bond acceptors (Lipinski definition) is 6. The van der Waals surface area contributed by atoms with Crippen LogP contribution in [-0.2, 0) is 14.3 Å². The second kappa shape index (κ2) is 13.8. The third kappa shape index (κ3) is 8.73. The van der Waals surface area contributed by atoms with Crippen LogP contribution in [0.2, 0.25) is 0 Å². The fourth-order valence-electron chi connectivity index (χ4n) is 3.71. The molecule has 2 rings (SSSR count). The Balaban J connectivity index is 2.48. The smallest absolute Gasteiger partial charge is 0.408 e. The quantitative estimate of drug-likeness (QED) is 0.324. The highest BCUT2D eigenvalue weighted by atomic mass is 32.2. The summed E-state index contributed by atoms with van der Waals surface area (Å²) in [4.78, 5) is 41.2. The van der Waals surface area contributed by atoms with Crippen molar-refractivity contribution in [3.05, 3.63) is 59.2 Å². The zero-order chi connectivity index (χ0) is 28.5. The van der Waals surface area contributed by atoms with Gasteiger partial charge in [-0.15, -0.1) is 0 Å². The predicted octanol–water partition coefficient (Wildman–Crippen LogP) is 5.06. The molecule has 0 aromatic heterocycles. The van der Waals surface area contributed by atoms with E-state index in [-0.39, 0.29) is 0 Å². The monoisotopic (exact) mass is 539 g/mol. The number of ether oxygens (including phenoxy) is 2. The highest BCUT2D eigenvalue weighted by Gasteiger charge is 2.36. The summed E-state index contributed by atoms with van der Waals surface area (Å²) in [6, 6.07) is 12.7. The van der Waals surface area contributed by atoms with Crippen LogP contribution < -0.4 is 15.4 Å². The Morgan fingerprint density at radius 2 is 1.76 bits per heavy atom. The van der Waals surface area contributed by atoms with Crippen molar-refractivity contribution in [3.63, 3.8) is 0 Å². The maximum Gasteiger partial charge on any atom is 0.408 e. The van der Waals surface area contributed by atoms with Crippen LogP contribution >= 0.6 is 11.8 Å². The van der Waals surface area contributed by atoms with E-state index in [1.165, 1.54) is 11.8 Å². The summed E-state index contributed by atoms with van der Waals surface area (Å²) in [5.41, 5.74) is 2.05. The molecule has 0 aliphatic carbocycles. The van der Waals surface area contributed by atoms with E-state index in [1.54, 1.807) is 52.1 Å². The summed E-state index contributed by atoms with van der Waals surface area (Å²) >= 11 is 1.52. The molecule has 2 atom stereocenters. The van der Waals surface area contributed by atoms with Crippen molar-refractivity contribution in [2.75, 3.05) is 24.4 Å². The largest absolute Gasteiger partial charge is 0.497 e. The molecule has 8 nitrogen and oxygen atoms in total. The van der Waals surface area contributed by atoms with Crippen LogP contribution in [0, 0.1) is 26.3 Å². The number of carbonyl (C=O) groups excluding carboxylic acids is 3. The number of rotatable bonds is 10. The highest BCUT2D eigenvalue weighted by Crippen LogP contribution is 2.28. The van der Waals surface area contributed by atoms with Crippen molar-refractivity contribution >= 4 is 35.4 Å². The number of terminal acetylenes is 1. The van der Waals surface area contributed by atoms with Crippen LogP contribution in [-0.4, -0.2) is 53.6 Å². The Morgan fingerprint density at radius 3 is 2.32 bits per heavy atom. The second-order valence-corrected chi connectivity index (χ2v) is 10.8. The van der Waals surface area contributed by atoms with Gasteiger partial charge in [0.05, 0.1) is 7.11 Å². The standard InChI is InChI=1S/C29H37N3O5S/c1-9-32(27(34)24(16-17-38-8)31-28(35)37-29(4,5)6)25(23-18-19(2)10-11-20(23)3)26(33)30-21-12-14-22(36-7)15-13-21/h1,10-15,18,24-25H,16-17H2,2-8H3,(H,30,33)(H,31,35). The first-order valence-electron chi connectivity index (χ1n) is 12.2. The molecule has 0 saturated carbocycles. The van der Waals surface area contributed by atoms with Crippen LogP contribution in [0.15, 0.2) is 42.5 Å². The summed E-state index contributed by atoms with van der Waals surface area (Å²) in [6.45, 7) is 8.96. The normalized spacial score (nSPS) is 12.5. The van der Waals surface area contributed by atoms with Crippen molar-refractivity contribution < 1.29 is 23.9 Å². The van der Waals surface area contributed by atoms with Gasteiger partial charge < -0.3 is 20.1 Å². The van der Waals surface area contributed by atoms with E-state index in [0.717, 1.165) is 16.0 Å². The number of alkyl carbamates (subject to hydrolysis) is 1. The summed E-state index contributed by atoms with van der Waals surface area (Å²) in [7, 11) is 1.55. The van der Waals surface area contributed by atoms with E-state index in [1.807, 2.05) is 38.3 Å². The van der Waals surface area contributed by atoms with Gasteiger partial charge in [-0.1, -0.05) is 30.2 Å². The van der Waals surface area contributed by atoms with E-state index < -0.39 is 35.6 Å². The first kappa shape index (κ1) is 30.6. The van der Waals surface area contributed by atoms with Gasteiger partial charge in [0.25, 0.3) is 11.8 Å². The lowest BCUT2D eigenvalue weighted by atomic mass is 9.96. The first-order chi connectivity index (χ1) is 17.9. The molecule has 204 valence electrons. The number of nitrogens with one attached hydrogen (secondary N) is 2. The van der Waals surface area contributed by atoms with Gasteiger partial charge in [0.15, 0.2) is 0 Å². The fraction of sp³-hybridized carbons (Fsp3) is 0.414. The number of amides is 3. The van der Waals surface area contributed by atoms with Crippen molar-refractivity contribution in [2.24, 2.45) is 0 Å². The number of anilines is 1. The number of aryl methyl sites for hydroxylation is 2. The average molecular weight is 540 g/mol. The molecular weight excluding hydrogens is 502 g/mol. The van der Waals surface area contributed by atoms with Crippen molar-refractivity contribution in [1.82, 2.24) is 10.2 Å². The molecule has 2 N–H and O–H groups in total. The Labute approximate surface area is 229 Å². The molecule has 0 aliphatic heterocycles. The molecule has 9 heteroatoms. The summed E-state index contributed by atoms with van der Waals surface area (Å²) in [5, 5.41) is 5.51. The molecule has 0 fully saturated rings. The molecule has 0 spiro atoms. The van der Waals surface area contributed by atoms with Gasteiger partial charge in [0.1, 0.15) is 23.4 Å². The summed E-state index contributed by atoms with van der Waals surface area (Å²) in [5.74, 6) is 0.148. The van der Waals surface area contributed by atoms with Gasteiger partial charge in [-0.25, -0.2) is 4.79 Å². The van der Waals surface area contributed by atoms with E-state index >= 15 is 0 Å². The van der Waals surface area contributed by atoms with Crippen LogP contribution in [0.5, 0.6) is 5.75 Å². The third-order valence-corrected chi connectivity index (χ3v) is 6.21. The Hall–Kier alpha value is -3.64. The average Bonchev–Trinajstić information content (AvgIpc) is 2.85. The molecule has 2 aromatic rings. The minimum atomic E-state index is -1.15. The Kier molecular flexibility index (Phi) is 11.1. The molecule has 2 unspecified atom stereocenters. The van der Waals surface area contributed by atoms with Gasteiger partial charge in [-0.3, -0.25) is 14.5 Å². The number of hydrogen-bond donors (Lipinski definition) is 2. The lowest BCUT2D eigenvalue weighted by Crippen LogP contribution is -2.51. The van der Waals surface area contributed by atoms with Gasteiger partial charge in [-0.2, -0.15) is 11.8 Å². The molecular formula is C29H37N3O5S. The van der Waals surface area contributed by atoms with E-state index in [4.69, 9.17) is 15.9 Å². The molecule has 3 amide bonds. The highest BCUT2D eigenvalue weighted by molar-refractivity contribution is 7.98. The summed E-state index contributed by atoms with van der Waals surface area (Å²) < 4.78 is 10.6. The summed E-state index contributed by atoms with van der Waals surface area (Å²) in [6.07, 6.45) is 7.34. The molecule has 0 saturated heterocycles. The number of nitrogens with zero attached hydrogens (tertiary/aromatic N) is 1. The molecule has 0 bridgehead atoms. The lowest BCUT2D eigenvalue weighted by Gasteiger charge is -2.31. The second-order valence-electron chi connectivity index (χ2n) is 9.80. The van der Waals surface area contributed by atoms with E-state index in [9.17, 15) is 14.4 Å². The van der Waals surface area contributed by atoms with Crippen LogP contribution in [0.25, 0.3) is 0 Å². The first-order valence-corrected chi connectivity index (χ1v) is 13.6. The van der Waals surface area contributed by atoms with E-state index in [0.29, 0.717) is 29.2 Å². The van der Waals surface area contributed by atoms with Crippen LogP contribution in [0.4, 0.5) is 10.5 Å².